The van der Waals surface area contributed by atoms with Crippen LogP contribution in [0.2, 0.25) is 0 Å². The predicted molar refractivity (Wildman–Crippen MR) is 148 cm³/mol. The summed E-state index contributed by atoms with van der Waals surface area (Å²) in [6, 6.07) is 19.2. The standard InChI is InChI=1S/C31H39N3.3ClH.V/c1-5-12-24-16-9-17-25(13-6-2)30(24)32-22-28-20-11-21-29(34-28)23-33-31-26(14-7-3)18-10-19-27(31)15-8-4;;;;/h9-11,16-23H,5-8,12-15H2,1-4H3;3*1H;/p-3. The van der Waals surface area contributed by atoms with Gasteiger partial charge in [-0.05, 0) is 60.1 Å². The van der Waals surface area contributed by atoms with Crippen LogP contribution in [0.3, 0.4) is 0 Å². The third-order valence-corrected chi connectivity index (χ3v) is 5.93. The number of aryl methyl sites for hydroxylation is 4. The minimum atomic E-state index is 0. The van der Waals surface area contributed by atoms with Crippen LogP contribution < -0.4 is 37.2 Å². The summed E-state index contributed by atoms with van der Waals surface area (Å²) in [7, 11) is 0. The summed E-state index contributed by atoms with van der Waals surface area (Å²) >= 11 is 0. The smallest absolute Gasteiger partial charge is 0.0820 e. The van der Waals surface area contributed by atoms with Crippen LogP contribution in [0.4, 0.5) is 11.4 Å². The van der Waals surface area contributed by atoms with Crippen molar-refractivity contribution in [2.24, 2.45) is 9.98 Å². The van der Waals surface area contributed by atoms with Crippen LogP contribution in [0, 0.1) is 0 Å². The molecule has 207 valence electrons. The van der Waals surface area contributed by atoms with Gasteiger partial charge in [0, 0.05) is 18.6 Å². The van der Waals surface area contributed by atoms with Crippen molar-refractivity contribution in [2.45, 2.75) is 79.1 Å². The molecule has 0 aliphatic rings. The van der Waals surface area contributed by atoms with Crippen molar-refractivity contribution >= 4 is 23.8 Å². The Labute approximate surface area is 260 Å². The maximum atomic E-state index is 4.92. The summed E-state index contributed by atoms with van der Waals surface area (Å²) in [6.45, 7) is 8.87. The molecule has 7 heteroatoms. The van der Waals surface area contributed by atoms with Crippen molar-refractivity contribution in [1.29, 1.82) is 0 Å². The molecule has 1 radical (unpaired) electrons. The zero-order valence-corrected chi connectivity index (χ0v) is 26.6. The van der Waals surface area contributed by atoms with E-state index in [0.29, 0.717) is 0 Å². The van der Waals surface area contributed by atoms with Gasteiger partial charge in [0.1, 0.15) is 0 Å². The summed E-state index contributed by atoms with van der Waals surface area (Å²) in [5.74, 6) is 0. The molecule has 3 nitrogen and oxygen atoms in total. The minimum absolute atomic E-state index is 0. The third kappa shape index (κ3) is 11.2. The van der Waals surface area contributed by atoms with Gasteiger partial charge in [-0.1, -0.05) is 95.8 Å². The molecule has 0 aliphatic carbocycles. The van der Waals surface area contributed by atoms with E-state index in [2.05, 4.69) is 64.1 Å². The maximum absolute atomic E-state index is 4.92. The molecule has 1 heterocycles. The molecule has 0 fully saturated rings. The van der Waals surface area contributed by atoms with E-state index in [-0.39, 0.29) is 55.8 Å². The number of pyridine rings is 1. The van der Waals surface area contributed by atoms with Crippen LogP contribution in [0.5, 0.6) is 0 Å². The Morgan fingerprint density at radius 1 is 0.526 bits per heavy atom. The molecule has 0 saturated heterocycles. The fraction of sp³-hybridized carbons (Fsp3) is 0.387. The Balaban J connectivity index is 0. The van der Waals surface area contributed by atoms with Crippen molar-refractivity contribution in [2.75, 3.05) is 0 Å². The van der Waals surface area contributed by atoms with Crippen molar-refractivity contribution in [3.05, 3.63) is 88.2 Å². The molecule has 0 atom stereocenters. The van der Waals surface area contributed by atoms with E-state index in [1.165, 1.54) is 22.3 Å². The topological polar surface area (TPSA) is 37.6 Å². The van der Waals surface area contributed by atoms with Crippen molar-refractivity contribution < 1.29 is 55.8 Å². The zero-order chi connectivity index (χ0) is 24.2. The van der Waals surface area contributed by atoms with Gasteiger partial charge >= 0.3 is 0 Å². The number of aliphatic imine (C=N–C) groups is 2. The Morgan fingerprint density at radius 2 is 0.816 bits per heavy atom. The Bertz CT molecular complexity index is 1000. The van der Waals surface area contributed by atoms with E-state index in [4.69, 9.17) is 15.0 Å². The van der Waals surface area contributed by atoms with Crippen LogP contribution >= 0.6 is 0 Å². The molecule has 2 aromatic carbocycles. The first-order chi connectivity index (χ1) is 16.7. The zero-order valence-electron chi connectivity index (χ0n) is 22.9. The number of hydrogen-bond donors (Lipinski definition) is 0. The summed E-state index contributed by atoms with van der Waals surface area (Å²) in [5.41, 5.74) is 9.21. The van der Waals surface area contributed by atoms with Gasteiger partial charge in [-0.15, -0.1) is 0 Å². The molecule has 1 aromatic heterocycles. The number of para-hydroxylation sites is 2. The van der Waals surface area contributed by atoms with Gasteiger partial charge < -0.3 is 37.2 Å². The molecular formula is C31H39Cl3N3V-3. The number of rotatable bonds is 12. The molecule has 3 rings (SSSR count). The van der Waals surface area contributed by atoms with Gasteiger partial charge in [-0.2, -0.15) is 0 Å². The number of aromatic nitrogens is 1. The van der Waals surface area contributed by atoms with E-state index < -0.39 is 0 Å². The van der Waals surface area contributed by atoms with Gasteiger partial charge in [-0.25, -0.2) is 4.98 Å². The second-order valence-electron chi connectivity index (χ2n) is 8.85. The molecule has 38 heavy (non-hydrogen) atoms. The average molecular weight is 611 g/mol. The monoisotopic (exact) mass is 609 g/mol. The van der Waals surface area contributed by atoms with Gasteiger partial charge in [0.15, 0.2) is 0 Å². The van der Waals surface area contributed by atoms with Crippen LogP contribution in [0.25, 0.3) is 0 Å². The Hall–Kier alpha value is -1.62. The molecule has 0 spiro atoms. The largest absolute Gasteiger partial charge is 1.00 e. The van der Waals surface area contributed by atoms with Gasteiger partial charge in [0.25, 0.3) is 0 Å². The maximum Gasteiger partial charge on any atom is 0.0820 e. The van der Waals surface area contributed by atoms with Crippen LogP contribution in [0.15, 0.2) is 64.6 Å². The molecule has 0 saturated carbocycles. The molecule has 0 aliphatic heterocycles. The summed E-state index contributed by atoms with van der Waals surface area (Å²) < 4.78 is 0. The Kier molecular flexibility index (Phi) is 21.5. The van der Waals surface area contributed by atoms with Crippen molar-refractivity contribution in [1.82, 2.24) is 4.98 Å². The average Bonchev–Trinajstić information content (AvgIpc) is 2.84. The molecular weight excluding hydrogens is 572 g/mol. The number of benzene rings is 2. The van der Waals surface area contributed by atoms with E-state index in [0.717, 1.165) is 74.1 Å². The normalized spacial score (nSPS) is 10.4. The SMILES string of the molecule is CCCc1cccc(CCC)c1N=Cc1cccc(C=Nc2c(CCC)cccc2CCC)n1.[Cl-].[Cl-].[Cl-].[V]. The van der Waals surface area contributed by atoms with Crippen LogP contribution in [-0.4, -0.2) is 17.4 Å². The van der Waals surface area contributed by atoms with E-state index in [1.807, 2.05) is 30.6 Å². The first-order valence-electron chi connectivity index (χ1n) is 13.0. The summed E-state index contributed by atoms with van der Waals surface area (Å²) in [5, 5.41) is 0. The van der Waals surface area contributed by atoms with Crippen molar-refractivity contribution in [3.8, 4) is 0 Å². The fourth-order valence-corrected chi connectivity index (χ4v) is 4.38. The van der Waals surface area contributed by atoms with Gasteiger partial charge in [0.05, 0.1) is 35.2 Å². The van der Waals surface area contributed by atoms with E-state index in [1.54, 1.807) is 0 Å². The van der Waals surface area contributed by atoms with Crippen LogP contribution in [-0.2, 0) is 44.2 Å². The van der Waals surface area contributed by atoms with Crippen molar-refractivity contribution in [3.63, 3.8) is 0 Å². The number of nitrogens with zero attached hydrogens (tertiary/aromatic N) is 3. The third-order valence-electron chi connectivity index (χ3n) is 5.93. The predicted octanol–water partition coefficient (Wildman–Crippen LogP) is -0.598. The first-order valence-corrected chi connectivity index (χ1v) is 13.0. The quantitative estimate of drug-likeness (QED) is 0.253. The Morgan fingerprint density at radius 3 is 1.11 bits per heavy atom. The molecule has 3 aromatic rings. The second kappa shape index (κ2) is 21.2. The fourth-order valence-electron chi connectivity index (χ4n) is 4.38. The number of halogens is 3. The summed E-state index contributed by atoms with van der Waals surface area (Å²) in [4.78, 5) is 14.6. The van der Waals surface area contributed by atoms with Gasteiger partial charge in [-0.3, -0.25) is 9.98 Å². The minimum Gasteiger partial charge on any atom is -1.00 e. The van der Waals surface area contributed by atoms with E-state index in [9.17, 15) is 0 Å². The van der Waals surface area contributed by atoms with E-state index >= 15 is 0 Å². The van der Waals surface area contributed by atoms with Gasteiger partial charge in [0.2, 0.25) is 0 Å². The second-order valence-corrected chi connectivity index (χ2v) is 8.85. The first kappa shape index (κ1) is 38.5. The molecule has 0 N–H and O–H groups in total. The molecule has 0 bridgehead atoms. The van der Waals surface area contributed by atoms with Crippen LogP contribution in [0.1, 0.15) is 87.0 Å². The summed E-state index contributed by atoms with van der Waals surface area (Å²) in [6.07, 6.45) is 12.4. The number of hydrogen-bond acceptors (Lipinski definition) is 3. The molecule has 0 unspecified atom stereocenters. The molecule has 0 amide bonds.